The van der Waals surface area contributed by atoms with E-state index in [9.17, 15) is 21.6 Å². The Balaban J connectivity index is 1.63. The normalized spacial score (nSPS) is 18.0. The lowest BCUT2D eigenvalue weighted by molar-refractivity contribution is -0.128. The molecule has 0 unspecified atom stereocenters. The van der Waals surface area contributed by atoms with E-state index < -0.39 is 22.4 Å². The molecule has 0 spiro atoms. The minimum atomic E-state index is -4.46. The van der Waals surface area contributed by atoms with Gasteiger partial charge >= 0.3 is 6.18 Å². The van der Waals surface area contributed by atoms with Crippen molar-refractivity contribution < 1.29 is 31.1 Å². The predicted octanol–water partition coefficient (Wildman–Crippen LogP) is 2.91. The van der Waals surface area contributed by atoms with Gasteiger partial charge in [0.05, 0.1) is 55.6 Å². The number of nitrogens with one attached hydrogen (secondary N) is 2. The van der Waals surface area contributed by atoms with E-state index in [2.05, 4.69) is 27.5 Å². The number of anilines is 1. The van der Waals surface area contributed by atoms with E-state index in [0.29, 0.717) is 30.3 Å². The molecule has 1 aliphatic rings. The fourth-order valence-corrected chi connectivity index (χ4v) is 5.26. The lowest BCUT2D eigenvalue weighted by Gasteiger charge is -2.33. The number of aromatic nitrogens is 2. The molecule has 2 N–H and O–H groups in total. The largest absolute Gasteiger partial charge is 0.495 e. The third-order valence-corrected chi connectivity index (χ3v) is 7.43. The molecule has 1 fully saturated rings. The number of imidazole rings is 1. The number of sulfone groups is 1. The lowest BCUT2D eigenvalue weighted by atomic mass is 10.1. The summed E-state index contributed by atoms with van der Waals surface area (Å²) in [4.78, 5) is 6.68. The predicted molar refractivity (Wildman–Crippen MR) is 145 cm³/mol. The van der Waals surface area contributed by atoms with E-state index >= 15 is 0 Å². The number of hydrogen-bond acceptors (Lipinski definition) is 8. The Hall–Kier alpha value is -3.31. The summed E-state index contributed by atoms with van der Waals surface area (Å²) >= 11 is 0. The third kappa shape index (κ3) is 7.25. The summed E-state index contributed by atoms with van der Waals surface area (Å²) in [5.74, 6) is 5.93. The Morgan fingerprint density at radius 3 is 2.73 bits per heavy atom. The molecule has 216 valence electrons. The fraction of sp³-hybridized carbons (Fsp3) is 0.444. The highest BCUT2D eigenvalue weighted by molar-refractivity contribution is 7.90. The molecule has 0 bridgehead atoms. The van der Waals surface area contributed by atoms with Crippen LogP contribution in [-0.2, 0) is 21.0 Å². The zero-order valence-electron chi connectivity index (χ0n) is 22.7. The van der Waals surface area contributed by atoms with Crippen molar-refractivity contribution in [2.75, 3.05) is 59.1 Å². The van der Waals surface area contributed by atoms with Crippen LogP contribution in [0.5, 0.6) is 5.75 Å². The number of halogens is 3. The van der Waals surface area contributed by atoms with Gasteiger partial charge in [-0.1, -0.05) is 12.0 Å². The Morgan fingerprint density at radius 2 is 2.05 bits per heavy atom. The van der Waals surface area contributed by atoms with E-state index in [1.165, 1.54) is 23.6 Å². The van der Waals surface area contributed by atoms with Crippen molar-refractivity contribution in [2.45, 2.75) is 29.6 Å². The van der Waals surface area contributed by atoms with Gasteiger partial charge in [0.25, 0.3) is 0 Å². The van der Waals surface area contributed by atoms with Crippen LogP contribution in [0, 0.1) is 11.8 Å². The van der Waals surface area contributed by atoms with Crippen LogP contribution >= 0.6 is 0 Å². The first-order chi connectivity index (χ1) is 18.9. The summed E-state index contributed by atoms with van der Waals surface area (Å²) in [7, 11) is 1.91. The standard InChI is InChI=1S/C27H32F3N5O4S/c1-34(2)15-18-16-39-17-23(32-18)20-7-6-12-35-24(14-27(28,29)30)21(33-26(20)35)8-5-11-31-22-10-9-19(40(4,36)37)13-25(22)38-3/h6-7,9-10,12-13,18,23,31-32H,11,14-17H2,1-4H3/t18-,23-/m0/s1. The minimum absolute atomic E-state index is 0.0348. The van der Waals surface area contributed by atoms with Crippen molar-refractivity contribution in [3.63, 3.8) is 0 Å². The molecule has 9 nitrogen and oxygen atoms in total. The second kappa shape index (κ2) is 12.1. The van der Waals surface area contributed by atoms with Gasteiger partial charge in [0.1, 0.15) is 17.1 Å². The molecule has 0 saturated carbocycles. The average Bonchev–Trinajstić information content (AvgIpc) is 3.21. The van der Waals surface area contributed by atoms with Crippen molar-refractivity contribution in [3.05, 3.63) is 53.5 Å². The number of morpholine rings is 1. The molecule has 13 heteroatoms. The number of fused-ring (bicyclic) bond motifs is 1. The summed E-state index contributed by atoms with van der Waals surface area (Å²) in [5, 5.41) is 6.54. The van der Waals surface area contributed by atoms with Crippen LogP contribution in [0.1, 0.15) is 23.0 Å². The van der Waals surface area contributed by atoms with Crippen LogP contribution in [0.4, 0.5) is 18.9 Å². The van der Waals surface area contributed by atoms with E-state index in [1.54, 1.807) is 18.3 Å². The van der Waals surface area contributed by atoms with Gasteiger partial charge in [-0.15, -0.1) is 0 Å². The highest BCUT2D eigenvalue weighted by Gasteiger charge is 2.32. The molecule has 40 heavy (non-hydrogen) atoms. The zero-order chi connectivity index (χ0) is 29.1. The van der Waals surface area contributed by atoms with Crippen LogP contribution in [0.25, 0.3) is 5.65 Å². The van der Waals surface area contributed by atoms with Crippen LogP contribution in [0.15, 0.2) is 41.4 Å². The molecule has 3 aromatic rings. The first-order valence-corrected chi connectivity index (χ1v) is 14.4. The van der Waals surface area contributed by atoms with Gasteiger partial charge in [-0.05, 0) is 38.2 Å². The zero-order valence-corrected chi connectivity index (χ0v) is 23.5. The molecule has 2 atom stereocenters. The Bertz CT molecular complexity index is 1530. The third-order valence-electron chi connectivity index (χ3n) is 6.32. The summed E-state index contributed by atoms with van der Waals surface area (Å²) in [6, 6.07) is 7.73. The van der Waals surface area contributed by atoms with E-state index in [0.717, 1.165) is 18.4 Å². The SMILES string of the molecule is COc1cc(S(C)(=O)=O)ccc1NCC#Cc1nc2c([C@@H]3COC[C@H](CN(C)C)N3)cccn2c1CC(F)(F)F. The minimum Gasteiger partial charge on any atom is -0.495 e. The molecule has 4 rings (SSSR count). The summed E-state index contributed by atoms with van der Waals surface area (Å²) in [6.45, 7) is 1.72. The van der Waals surface area contributed by atoms with Gasteiger partial charge in [-0.3, -0.25) is 0 Å². The summed E-state index contributed by atoms with van der Waals surface area (Å²) in [6.07, 6.45) is -2.99. The molecule has 0 radical (unpaired) electrons. The summed E-state index contributed by atoms with van der Waals surface area (Å²) in [5.41, 5.74) is 1.61. The van der Waals surface area contributed by atoms with Crippen molar-refractivity contribution in [1.82, 2.24) is 19.6 Å². The smallest absolute Gasteiger partial charge is 0.394 e. The summed E-state index contributed by atoms with van der Waals surface area (Å²) < 4.78 is 76.9. The highest BCUT2D eigenvalue weighted by Crippen LogP contribution is 2.29. The number of rotatable bonds is 8. The number of nitrogens with zero attached hydrogens (tertiary/aromatic N) is 3. The number of benzene rings is 1. The fourth-order valence-electron chi connectivity index (χ4n) is 4.62. The van der Waals surface area contributed by atoms with Gasteiger partial charge in [0.15, 0.2) is 9.84 Å². The number of methoxy groups -OCH3 is 1. The molecular weight excluding hydrogens is 547 g/mol. The number of likely N-dealkylation sites (N-methyl/N-ethyl adjacent to an activating group) is 1. The second-order valence-electron chi connectivity index (χ2n) is 9.86. The monoisotopic (exact) mass is 579 g/mol. The Labute approximate surface area is 231 Å². The molecule has 1 aliphatic heterocycles. The molecule has 0 amide bonds. The van der Waals surface area contributed by atoms with Crippen molar-refractivity contribution in [3.8, 4) is 17.6 Å². The van der Waals surface area contributed by atoms with Crippen LogP contribution in [0.3, 0.4) is 0 Å². The van der Waals surface area contributed by atoms with E-state index in [-0.39, 0.29) is 34.9 Å². The first kappa shape index (κ1) is 29.7. The lowest BCUT2D eigenvalue weighted by Crippen LogP contribution is -2.48. The number of ether oxygens (including phenoxy) is 2. The van der Waals surface area contributed by atoms with Gasteiger partial charge in [0.2, 0.25) is 0 Å². The van der Waals surface area contributed by atoms with E-state index in [4.69, 9.17) is 9.47 Å². The molecule has 0 aliphatic carbocycles. The number of hydrogen-bond donors (Lipinski definition) is 2. The molecule has 3 heterocycles. The van der Waals surface area contributed by atoms with Crippen molar-refractivity contribution >= 4 is 21.2 Å². The quantitative estimate of drug-likeness (QED) is 0.394. The highest BCUT2D eigenvalue weighted by atomic mass is 32.2. The maximum absolute atomic E-state index is 13.6. The second-order valence-corrected chi connectivity index (χ2v) is 11.9. The van der Waals surface area contributed by atoms with Gasteiger partial charge in [-0.25, -0.2) is 13.4 Å². The number of pyridine rings is 1. The van der Waals surface area contributed by atoms with Crippen LogP contribution < -0.4 is 15.4 Å². The Morgan fingerprint density at radius 1 is 1.27 bits per heavy atom. The average molecular weight is 580 g/mol. The molecular formula is C27H32F3N5O4S. The van der Waals surface area contributed by atoms with Gasteiger partial charge in [-0.2, -0.15) is 13.2 Å². The maximum Gasteiger partial charge on any atom is 0.394 e. The number of alkyl halides is 3. The van der Waals surface area contributed by atoms with Gasteiger partial charge < -0.3 is 29.4 Å². The van der Waals surface area contributed by atoms with Crippen LogP contribution in [-0.4, -0.2) is 88.7 Å². The van der Waals surface area contributed by atoms with Crippen LogP contribution in [0.2, 0.25) is 0 Å². The van der Waals surface area contributed by atoms with Crippen molar-refractivity contribution in [1.29, 1.82) is 0 Å². The van der Waals surface area contributed by atoms with Crippen molar-refractivity contribution in [2.24, 2.45) is 0 Å². The topological polar surface area (TPSA) is 97.2 Å². The Kier molecular flexibility index (Phi) is 8.94. The van der Waals surface area contributed by atoms with Gasteiger partial charge in [0, 0.05) is 36.7 Å². The maximum atomic E-state index is 13.6. The van der Waals surface area contributed by atoms with E-state index in [1.807, 2.05) is 25.1 Å². The molecule has 1 saturated heterocycles. The molecule has 2 aromatic heterocycles. The first-order valence-electron chi connectivity index (χ1n) is 12.5. The molecule has 1 aromatic carbocycles.